The summed E-state index contributed by atoms with van der Waals surface area (Å²) in [5, 5.41) is 3.35. The van der Waals surface area contributed by atoms with E-state index in [-0.39, 0.29) is 0 Å². The Balaban J connectivity index is 2.04. The molecule has 0 radical (unpaired) electrons. The molecule has 0 amide bonds. The second-order valence-corrected chi connectivity index (χ2v) is 4.40. The van der Waals surface area contributed by atoms with Crippen LogP contribution in [0.2, 0.25) is 0 Å². The molecular formula is C12H19N3. The summed E-state index contributed by atoms with van der Waals surface area (Å²) in [6.45, 7) is 1.94. The zero-order valence-corrected chi connectivity index (χ0v) is 9.53. The van der Waals surface area contributed by atoms with Gasteiger partial charge in [0, 0.05) is 12.2 Å². The molecule has 1 aliphatic carbocycles. The molecule has 1 fully saturated rings. The molecule has 2 rings (SSSR count). The Morgan fingerprint density at radius 3 is 2.87 bits per heavy atom. The molecule has 1 N–H and O–H groups in total. The average molecular weight is 205 g/mol. The third-order valence-corrected chi connectivity index (χ3v) is 3.30. The minimum absolute atomic E-state index is 0.400. The number of nitrogens with zero attached hydrogens (tertiary/aromatic N) is 2. The number of nitrogens with one attached hydrogen (secondary N) is 1. The van der Waals surface area contributed by atoms with Crippen molar-refractivity contribution < 1.29 is 0 Å². The van der Waals surface area contributed by atoms with Gasteiger partial charge in [-0.1, -0.05) is 19.3 Å². The van der Waals surface area contributed by atoms with Crippen molar-refractivity contribution in [1.82, 2.24) is 15.3 Å². The van der Waals surface area contributed by atoms with Crippen molar-refractivity contribution >= 4 is 0 Å². The molecule has 3 nitrogen and oxygen atoms in total. The van der Waals surface area contributed by atoms with E-state index in [1.165, 1.54) is 25.7 Å². The lowest BCUT2D eigenvalue weighted by molar-refractivity contribution is 0.264. The quantitative estimate of drug-likeness (QED) is 0.819. The molecule has 1 heterocycles. The van der Waals surface area contributed by atoms with Crippen molar-refractivity contribution in [3.8, 4) is 0 Å². The van der Waals surface area contributed by atoms with Crippen molar-refractivity contribution in [3.63, 3.8) is 0 Å². The van der Waals surface area contributed by atoms with Crippen LogP contribution in [0.25, 0.3) is 0 Å². The molecule has 82 valence electrons. The van der Waals surface area contributed by atoms with Crippen LogP contribution in [0.1, 0.15) is 43.2 Å². The number of rotatable bonds is 4. The topological polar surface area (TPSA) is 37.8 Å². The fourth-order valence-corrected chi connectivity index (χ4v) is 2.12. The molecule has 1 unspecified atom stereocenters. The monoisotopic (exact) mass is 205 g/mol. The van der Waals surface area contributed by atoms with Crippen LogP contribution in [-0.2, 0) is 0 Å². The zero-order chi connectivity index (χ0) is 10.7. The highest BCUT2D eigenvalue weighted by molar-refractivity contribution is 5.07. The Kier molecular flexibility index (Phi) is 3.31. The molecule has 0 bridgehead atoms. The molecule has 1 aromatic heterocycles. The van der Waals surface area contributed by atoms with E-state index in [4.69, 9.17) is 0 Å². The lowest BCUT2D eigenvalue weighted by Gasteiger charge is -2.29. The normalized spacial score (nSPS) is 18.5. The number of hydrogen-bond donors (Lipinski definition) is 1. The highest BCUT2D eigenvalue weighted by Gasteiger charge is 2.22. The average Bonchev–Trinajstić information content (AvgIpc) is 2.16. The predicted octanol–water partition coefficient (Wildman–Crippen LogP) is 2.24. The maximum Gasteiger partial charge on any atom is 0.125 e. The largest absolute Gasteiger partial charge is 0.312 e. The van der Waals surface area contributed by atoms with Crippen molar-refractivity contribution in [1.29, 1.82) is 0 Å². The van der Waals surface area contributed by atoms with Gasteiger partial charge in [-0.3, -0.25) is 0 Å². The highest BCUT2D eigenvalue weighted by Crippen LogP contribution is 2.34. The van der Waals surface area contributed by atoms with Crippen molar-refractivity contribution in [2.45, 2.75) is 38.6 Å². The van der Waals surface area contributed by atoms with Crippen LogP contribution < -0.4 is 5.32 Å². The second kappa shape index (κ2) is 4.71. The van der Waals surface area contributed by atoms with Crippen LogP contribution in [0.4, 0.5) is 0 Å². The summed E-state index contributed by atoms with van der Waals surface area (Å²) in [4.78, 5) is 8.61. The summed E-state index contributed by atoms with van der Waals surface area (Å²) < 4.78 is 0. The minimum atomic E-state index is 0.400. The van der Waals surface area contributed by atoms with Gasteiger partial charge < -0.3 is 5.32 Å². The van der Waals surface area contributed by atoms with Crippen LogP contribution in [0.15, 0.2) is 12.3 Å². The van der Waals surface area contributed by atoms with Crippen LogP contribution in [0.5, 0.6) is 0 Å². The molecule has 0 saturated heterocycles. The van der Waals surface area contributed by atoms with Gasteiger partial charge >= 0.3 is 0 Å². The lowest BCUT2D eigenvalue weighted by Crippen LogP contribution is -2.24. The van der Waals surface area contributed by atoms with Crippen LogP contribution in [0, 0.1) is 12.8 Å². The van der Waals surface area contributed by atoms with E-state index >= 15 is 0 Å². The molecule has 0 aliphatic heterocycles. The molecule has 1 aromatic rings. The number of hydrogen-bond acceptors (Lipinski definition) is 3. The highest BCUT2D eigenvalue weighted by atomic mass is 14.9. The van der Waals surface area contributed by atoms with Crippen LogP contribution in [-0.4, -0.2) is 17.0 Å². The fraction of sp³-hybridized carbons (Fsp3) is 0.667. The third-order valence-electron chi connectivity index (χ3n) is 3.30. The molecule has 1 saturated carbocycles. The summed E-state index contributed by atoms with van der Waals surface area (Å²) in [7, 11) is 2.01. The van der Waals surface area contributed by atoms with E-state index in [1.54, 1.807) is 0 Å². The van der Waals surface area contributed by atoms with E-state index < -0.39 is 0 Å². The first-order valence-electron chi connectivity index (χ1n) is 5.76. The lowest BCUT2D eigenvalue weighted by atomic mass is 9.80. The first kappa shape index (κ1) is 10.6. The third kappa shape index (κ3) is 2.53. The van der Waals surface area contributed by atoms with Gasteiger partial charge in [0.2, 0.25) is 0 Å². The summed E-state index contributed by atoms with van der Waals surface area (Å²) in [6.07, 6.45) is 7.25. The number of aromatic nitrogens is 2. The summed E-state index contributed by atoms with van der Waals surface area (Å²) in [5.74, 6) is 1.76. The smallest absolute Gasteiger partial charge is 0.125 e. The van der Waals surface area contributed by atoms with E-state index in [9.17, 15) is 0 Å². The molecule has 1 atom stereocenters. The second-order valence-electron chi connectivity index (χ2n) is 4.40. The van der Waals surface area contributed by atoms with E-state index in [0.717, 1.165) is 17.4 Å². The van der Waals surface area contributed by atoms with Gasteiger partial charge in [0.15, 0.2) is 0 Å². The van der Waals surface area contributed by atoms with Crippen LogP contribution >= 0.6 is 0 Å². The minimum Gasteiger partial charge on any atom is -0.312 e. The maximum atomic E-state index is 4.48. The van der Waals surface area contributed by atoms with Gasteiger partial charge in [-0.25, -0.2) is 9.97 Å². The Hall–Kier alpha value is -0.960. The Bertz CT molecular complexity index is 320. The summed E-state index contributed by atoms with van der Waals surface area (Å²) >= 11 is 0. The standard InChI is InChI=1S/C12H19N3/c1-9-14-7-6-11(15-9)12(13-2)8-10-4-3-5-10/h6-7,10,12-13H,3-5,8H2,1-2H3. The number of aryl methyl sites for hydroxylation is 1. The van der Waals surface area contributed by atoms with Gasteiger partial charge in [0.1, 0.15) is 5.82 Å². The van der Waals surface area contributed by atoms with Gasteiger partial charge in [-0.2, -0.15) is 0 Å². The first-order valence-corrected chi connectivity index (χ1v) is 5.76. The first-order chi connectivity index (χ1) is 7.29. The molecule has 15 heavy (non-hydrogen) atoms. The Morgan fingerprint density at radius 1 is 1.53 bits per heavy atom. The fourth-order valence-electron chi connectivity index (χ4n) is 2.12. The molecule has 1 aliphatic rings. The van der Waals surface area contributed by atoms with Gasteiger partial charge in [-0.15, -0.1) is 0 Å². The van der Waals surface area contributed by atoms with Gasteiger partial charge in [0.25, 0.3) is 0 Å². The molecule has 3 heteroatoms. The van der Waals surface area contributed by atoms with Gasteiger partial charge in [0.05, 0.1) is 5.69 Å². The van der Waals surface area contributed by atoms with Crippen molar-refractivity contribution in [2.75, 3.05) is 7.05 Å². The summed E-state index contributed by atoms with van der Waals surface area (Å²) in [6, 6.07) is 2.42. The molecule has 0 aromatic carbocycles. The van der Waals surface area contributed by atoms with E-state index in [0.29, 0.717) is 6.04 Å². The van der Waals surface area contributed by atoms with Crippen molar-refractivity contribution in [3.05, 3.63) is 23.8 Å². The molecule has 0 spiro atoms. The Labute approximate surface area is 91.3 Å². The van der Waals surface area contributed by atoms with E-state index in [1.807, 2.05) is 26.2 Å². The van der Waals surface area contributed by atoms with Gasteiger partial charge in [-0.05, 0) is 32.4 Å². The Morgan fingerprint density at radius 2 is 2.33 bits per heavy atom. The maximum absolute atomic E-state index is 4.48. The van der Waals surface area contributed by atoms with E-state index in [2.05, 4.69) is 15.3 Å². The zero-order valence-electron chi connectivity index (χ0n) is 9.53. The van der Waals surface area contributed by atoms with Crippen LogP contribution in [0.3, 0.4) is 0 Å². The SMILES string of the molecule is CNC(CC1CCC1)c1ccnc(C)n1. The molecular weight excluding hydrogens is 186 g/mol. The van der Waals surface area contributed by atoms with Crippen molar-refractivity contribution in [2.24, 2.45) is 5.92 Å². The summed E-state index contributed by atoms with van der Waals surface area (Å²) in [5.41, 5.74) is 1.14. The predicted molar refractivity (Wildman–Crippen MR) is 60.5 cm³/mol.